The number of fused-ring (bicyclic) bond motifs is 1. The number of hydrogen-bond acceptors (Lipinski definition) is 3. The van der Waals surface area contributed by atoms with E-state index in [2.05, 4.69) is 16.9 Å². The predicted molar refractivity (Wildman–Crippen MR) is 106 cm³/mol. The summed E-state index contributed by atoms with van der Waals surface area (Å²) in [7, 11) is 1.76. The summed E-state index contributed by atoms with van der Waals surface area (Å²) in [6.45, 7) is 4.05. The van der Waals surface area contributed by atoms with E-state index in [-0.39, 0.29) is 18.4 Å². The van der Waals surface area contributed by atoms with Crippen molar-refractivity contribution in [1.29, 1.82) is 0 Å². The average Bonchev–Trinajstić information content (AvgIpc) is 3.05. The van der Waals surface area contributed by atoms with Crippen molar-refractivity contribution in [3.8, 4) is 0 Å². The van der Waals surface area contributed by atoms with E-state index < -0.39 is 0 Å². The molecule has 3 aromatic rings. The van der Waals surface area contributed by atoms with Crippen molar-refractivity contribution in [3.63, 3.8) is 0 Å². The second-order valence-electron chi connectivity index (χ2n) is 6.14. The standard InChI is InChI=1S/C21H22N4O2/c1-3-20(26)22-14-13-19-23-17-11-7-8-12-18(17)25(19)15-21(27)24(2)16-9-5-4-6-10-16/h3-12H,1,13-15H2,2H3,(H,22,26). The van der Waals surface area contributed by atoms with Crippen molar-refractivity contribution in [2.45, 2.75) is 13.0 Å². The number of aromatic nitrogens is 2. The molecule has 2 amide bonds. The van der Waals surface area contributed by atoms with Crippen LogP contribution in [0.4, 0.5) is 5.69 Å². The largest absolute Gasteiger partial charge is 0.352 e. The number of rotatable bonds is 7. The van der Waals surface area contributed by atoms with Crippen LogP contribution in [0.2, 0.25) is 0 Å². The Morgan fingerprint density at radius 2 is 1.85 bits per heavy atom. The molecule has 3 rings (SSSR count). The maximum Gasteiger partial charge on any atom is 0.246 e. The highest BCUT2D eigenvalue weighted by molar-refractivity contribution is 5.93. The zero-order valence-electron chi connectivity index (χ0n) is 15.3. The second-order valence-corrected chi connectivity index (χ2v) is 6.14. The van der Waals surface area contributed by atoms with Gasteiger partial charge in [0, 0.05) is 25.7 Å². The number of nitrogens with zero attached hydrogens (tertiary/aromatic N) is 3. The van der Waals surface area contributed by atoms with Gasteiger partial charge in [-0.3, -0.25) is 9.59 Å². The van der Waals surface area contributed by atoms with Crippen molar-refractivity contribution in [3.05, 3.63) is 73.1 Å². The van der Waals surface area contributed by atoms with Gasteiger partial charge in [0.05, 0.1) is 11.0 Å². The van der Waals surface area contributed by atoms with Crippen molar-refractivity contribution in [1.82, 2.24) is 14.9 Å². The highest BCUT2D eigenvalue weighted by Gasteiger charge is 2.17. The fourth-order valence-electron chi connectivity index (χ4n) is 2.90. The first kappa shape index (κ1) is 18.4. The van der Waals surface area contributed by atoms with Crippen molar-refractivity contribution >= 4 is 28.5 Å². The number of hydrogen-bond donors (Lipinski definition) is 1. The molecule has 1 aromatic heterocycles. The van der Waals surface area contributed by atoms with Crippen LogP contribution in [0.15, 0.2) is 67.3 Å². The molecule has 0 unspecified atom stereocenters. The fraction of sp³-hybridized carbons (Fsp3) is 0.190. The highest BCUT2D eigenvalue weighted by atomic mass is 16.2. The van der Waals surface area contributed by atoms with Gasteiger partial charge in [-0.05, 0) is 30.3 Å². The van der Waals surface area contributed by atoms with E-state index in [0.717, 1.165) is 22.5 Å². The van der Waals surface area contributed by atoms with Crippen LogP contribution in [0.25, 0.3) is 11.0 Å². The number of nitrogens with one attached hydrogen (secondary N) is 1. The maximum absolute atomic E-state index is 12.8. The average molecular weight is 362 g/mol. The van der Waals surface area contributed by atoms with Crippen molar-refractivity contribution in [2.75, 3.05) is 18.5 Å². The lowest BCUT2D eigenvalue weighted by Crippen LogP contribution is -2.31. The molecule has 6 nitrogen and oxygen atoms in total. The van der Waals surface area contributed by atoms with Crippen LogP contribution in [0.3, 0.4) is 0 Å². The third-order valence-corrected chi connectivity index (χ3v) is 4.38. The molecule has 0 aliphatic carbocycles. The maximum atomic E-state index is 12.8. The normalized spacial score (nSPS) is 10.6. The Balaban J connectivity index is 1.83. The number of carbonyl (C=O) groups excluding carboxylic acids is 2. The number of para-hydroxylation sites is 3. The molecule has 0 atom stereocenters. The minimum atomic E-state index is -0.224. The number of anilines is 1. The summed E-state index contributed by atoms with van der Waals surface area (Å²) in [4.78, 5) is 30.5. The fourth-order valence-corrected chi connectivity index (χ4v) is 2.90. The van der Waals surface area contributed by atoms with E-state index in [4.69, 9.17) is 0 Å². The summed E-state index contributed by atoms with van der Waals surface area (Å²) in [5.74, 6) is 0.494. The first-order chi connectivity index (χ1) is 13.1. The Hall–Kier alpha value is -3.41. The van der Waals surface area contributed by atoms with E-state index in [1.165, 1.54) is 6.08 Å². The topological polar surface area (TPSA) is 67.2 Å². The monoisotopic (exact) mass is 362 g/mol. The molecule has 0 radical (unpaired) electrons. The zero-order valence-corrected chi connectivity index (χ0v) is 15.3. The lowest BCUT2D eigenvalue weighted by molar-refractivity contribution is -0.119. The van der Waals surface area contributed by atoms with Crippen LogP contribution in [0, 0.1) is 0 Å². The van der Waals surface area contributed by atoms with Crippen LogP contribution in [-0.2, 0) is 22.6 Å². The third-order valence-electron chi connectivity index (χ3n) is 4.38. The first-order valence-corrected chi connectivity index (χ1v) is 8.76. The van der Waals surface area contributed by atoms with Gasteiger partial charge in [-0.1, -0.05) is 36.9 Å². The second kappa shape index (κ2) is 8.31. The molecule has 138 valence electrons. The van der Waals surface area contributed by atoms with Gasteiger partial charge in [-0.25, -0.2) is 4.98 Å². The summed E-state index contributed by atoms with van der Waals surface area (Å²) in [6, 6.07) is 17.2. The molecule has 1 N–H and O–H groups in total. The van der Waals surface area contributed by atoms with Crippen LogP contribution >= 0.6 is 0 Å². The quantitative estimate of drug-likeness (QED) is 0.657. The number of benzene rings is 2. The molecule has 6 heteroatoms. The Morgan fingerprint density at radius 1 is 1.15 bits per heavy atom. The highest BCUT2D eigenvalue weighted by Crippen LogP contribution is 2.18. The molecule has 2 aromatic carbocycles. The lowest BCUT2D eigenvalue weighted by Gasteiger charge is -2.18. The van der Waals surface area contributed by atoms with Gasteiger partial charge in [-0.15, -0.1) is 0 Å². The van der Waals surface area contributed by atoms with Crippen molar-refractivity contribution in [2.24, 2.45) is 0 Å². The molecule has 0 aliphatic heterocycles. The molecule has 0 saturated carbocycles. The minimum Gasteiger partial charge on any atom is -0.352 e. The molecule has 1 heterocycles. The molecule has 27 heavy (non-hydrogen) atoms. The predicted octanol–water partition coefficient (Wildman–Crippen LogP) is 2.54. The summed E-state index contributed by atoms with van der Waals surface area (Å²) < 4.78 is 1.91. The molecule has 0 fully saturated rings. The van der Waals surface area contributed by atoms with Gasteiger partial charge in [0.2, 0.25) is 11.8 Å². The molecule has 0 spiro atoms. The smallest absolute Gasteiger partial charge is 0.246 e. The number of likely N-dealkylation sites (N-methyl/N-ethyl adjacent to an activating group) is 1. The third kappa shape index (κ3) is 4.23. The number of imidazole rings is 1. The minimum absolute atomic E-state index is 0.0410. The summed E-state index contributed by atoms with van der Waals surface area (Å²) in [5.41, 5.74) is 2.57. The van der Waals surface area contributed by atoms with Gasteiger partial charge in [-0.2, -0.15) is 0 Å². The Kier molecular flexibility index (Phi) is 5.66. The lowest BCUT2D eigenvalue weighted by atomic mass is 10.3. The van der Waals surface area contributed by atoms with Gasteiger partial charge in [0.1, 0.15) is 12.4 Å². The SMILES string of the molecule is C=CC(=O)NCCc1nc2ccccc2n1CC(=O)N(C)c1ccccc1. The van der Waals surface area contributed by atoms with E-state index in [9.17, 15) is 9.59 Å². The number of amides is 2. The van der Waals surface area contributed by atoms with Crippen LogP contribution in [0.1, 0.15) is 5.82 Å². The van der Waals surface area contributed by atoms with Gasteiger partial charge in [0.15, 0.2) is 0 Å². The summed E-state index contributed by atoms with van der Waals surface area (Å²) >= 11 is 0. The number of carbonyl (C=O) groups is 2. The molecular formula is C21H22N4O2. The van der Waals surface area contributed by atoms with Crippen LogP contribution < -0.4 is 10.2 Å². The molecule has 0 aliphatic rings. The van der Waals surface area contributed by atoms with Gasteiger partial charge >= 0.3 is 0 Å². The first-order valence-electron chi connectivity index (χ1n) is 8.76. The van der Waals surface area contributed by atoms with Gasteiger partial charge in [0.25, 0.3) is 0 Å². The summed E-state index contributed by atoms with van der Waals surface area (Å²) in [5, 5.41) is 2.75. The van der Waals surface area contributed by atoms with E-state index in [1.807, 2.05) is 59.2 Å². The molecular weight excluding hydrogens is 340 g/mol. The Morgan fingerprint density at radius 3 is 2.59 bits per heavy atom. The van der Waals surface area contributed by atoms with Crippen LogP contribution in [-0.4, -0.2) is 35.0 Å². The Bertz CT molecular complexity index is 963. The zero-order chi connectivity index (χ0) is 19.2. The van der Waals surface area contributed by atoms with E-state index >= 15 is 0 Å². The summed E-state index contributed by atoms with van der Waals surface area (Å²) in [6.07, 6.45) is 1.76. The molecule has 0 bridgehead atoms. The van der Waals surface area contributed by atoms with Crippen LogP contribution in [0.5, 0.6) is 0 Å². The van der Waals surface area contributed by atoms with Gasteiger partial charge < -0.3 is 14.8 Å². The Labute approximate surface area is 158 Å². The van der Waals surface area contributed by atoms with Crippen molar-refractivity contribution < 1.29 is 9.59 Å². The molecule has 0 saturated heterocycles. The van der Waals surface area contributed by atoms with E-state index in [0.29, 0.717) is 13.0 Å². The van der Waals surface area contributed by atoms with E-state index in [1.54, 1.807) is 11.9 Å².